The molecule has 0 aromatic carbocycles. The zero-order valence-electron chi connectivity index (χ0n) is 17.9. The molecule has 3 rings (SSSR count). The summed E-state index contributed by atoms with van der Waals surface area (Å²) in [5.41, 5.74) is 0. The monoisotopic (exact) mass is 365 g/mol. The molecule has 3 fully saturated rings. The van der Waals surface area contributed by atoms with Gasteiger partial charge in [0.15, 0.2) is 0 Å². The zero-order valence-corrected chi connectivity index (χ0v) is 17.9. The normalized spacial score (nSPS) is 27.0. The Labute approximate surface area is 162 Å². The highest BCUT2D eigenvalue weighted by Gasteiger charge is 2.28. The Bertz CT molecular complexity index is 389. The average molecular weight is 366 g/mol. The van der Waals surface area contributed by atoms with Gasteiger partial charge in [-0.3, -0.25) is 19.6 Å². The number of nitrogens with zero attached hydrogens (tertiary/aromatic N) is 5. The van der Waals surface area contributed by atoms with Crippen LogP contribution in [0.1, 0.15) is 40.5 Å². The van der Waals surface area contributed by atoms with Crippen molar-refractivity contribution in [2.24, 2.45) is 0 Å². The van der Waals surface area contributed by atoms with Crippen LogP contribution in [0, 0.1) is 0 Å². The van der Waals surface area contributed by atoms with Gasteiger partial charge < -0.3 is 4.90 Å². The first-order chi connectivity index (χ1) is 12.5. The largest absolute Gasteiger partial charge is 0.301 e. The summed E-state index contributed by atoms with van der Waals surface area (Å²) in [5, 5.41) is 0. The summed E-state index contributed by atoms with van der Waals surface area (Å²) < 4.78 is 0. The van der Waals surface area contributed by atoms with Gasteiger partial charge in [0, 0.05) is 83.6 Å². The van der Waals surface area contributed by atoms with Crippen LogP contribution in [0.2, 0.25) is 0 Å². The van der Waals surface area contributed by atoms with Crippen molar-refractivity contribution in [3.8, 4) is 0 Å². The molecular weight excluding hydrogens is 322 g/mol. The SMILES string of the molecule is CC(C)N1CCC(N2CCN(CCN3CCN(C(C)C)CC3)CC2)CC1. The van der Waals surface area contributed by atoms with E-state index in [1.807, 2.05) is 0 Å². The van der Waals surface area contributed by atoms with Crippen LogP contribution in [0.3, 0.4) is 0 Å². The van der Waals surface area contributed by atoms with Crippen molar-refractivity contribution in [3.05, 3.63) is 0 Å². The van der Waals surface area contributed by atoms with E-state index in [0.717, 1.165) is 12.1 Å². The summed E-state index contributed by atoms with van der Waals surface area (Å²) in [6.07, 6.45) is 2.75. The van der Waals surface area contributed by atoms with Crippen molar-refractivity contribution in [1.29, 1.82) is 0 Å². The van der Waals surface area contributed by atoms with Crippen LogP contribution in [0.4, 0.5) is 0 Å². The molecule has 3 aliphatic rings. The van der Waals surface area contributed by atoms with Crippen molar-refractivity contribution in [1.82, 2.24) is 24.5 Å². The standard InChI is InChI=1S/C21H43N5/c1-19(2)24-7-5-21(6-8-24)26-17-13-23(14-18-26)10-9-22-11-15-25(16-12-22)20(3)4/h19-21H,5-18H2,1-4H3. The first kappa shape index (κ1) is 20.5. The van der Waals surface area contributed by atoms with Gasteiger partial charge in [-0.2, -0.15) is 0 Å². The number of hydrogen-bond donors (Lipinski definition) is 0. The molecule has 0 aromatic heterocycles. The van der Waals surface area contributed by atoms with Crippen LogP contribution in [-0.4, -0.2) is 121 Å². The highest BCUT2D eigenvalue weighted by atomic mass is 15.3. The minimum absolute atomic E-state index is 0.706. The maximum Gasteiger partial charge on any atom is 0.0121 e. The molecule has 0 aromatic rings. The molecule has 152 valence electrons. The van der Waals surface area contributed by atoms with Gasteiger partial charge in [0.2, 0.25) is 0 Å². The molecule has 0 atom stereocenters. The molecule has 0 unspecified atom stereocenters. The fourth-order valence-corrected chi connectivity index (χ4v) is 4.91. The topological polar surface area (TPSA) is 16.2 Å². The Morgan fingerprint density at radius 1 is 0.577 bits per heavy atom. The Morgan fingerprint density at radius 2 is 1.00 bits per heavy atom. The van der Waals surface area contributed by atoms with E-state index in [1.165, 1.54) is 91.4 Å². The third-order valence-corrected chi connectivity index (χ3v) is 7.02. The van der Waals surface area contributed by atoms with Gasteiger partial charge in [0.1, 0.15) is 0 Å². The fourth-order valence-electron chi connectivity index (χ4n) is 4.91. The van der Waals surface area contributed by atoms with Crippen LogP contribution < -0.4 is 0 Å². The van der Waals surface area contributed by atoms with Crippen LogP contribution >= 0.6 is 0 Å². The van der Waals surface area contributed by atoms with E-state index in [2.05, 4.69) is 52.2 Å². The van der Waals surface area contributed by atoms with E-state index in [9.17, 15) is 0 Å². The summed E-state index contributed by atoms with van der Waals surface area (Å²) in [6, 6.07) is 2.27. The lowest BCUT2D eigenvalue weighted by atomic mass is 10.0. The summed E-state index contributed by atoms with van der Waals surface area (Å²) in [6.45, 7) is 24.6. The van der Waals surface area contributed by atoms with Gasteiger partial charge >= 0.3 is 0 Å². The summed E-state index contributed by atoms with van der Waals surface area (Å²) in [7, 11) is 0. The number of rotatable bonds is 6. The minimum atomic E-state index is 0.706. The summed E-state index contributed by atoms with van der Waals surface area (Å²) in [5.74, 6) is 0. The lowest BCUT2D eigenvalue weighted by molar-refractivity contribution is 0.0443. The van der Waals surface area contributed by atoms with Gasteiger partial charge in [-0.1, -0.05) is 0 Å². The van der Waals surface area contributed by atoms with Crippen LogP contribution in [0.15, 0.2) is 0 Å². The quantitative estimate of drug-likeness (QED) is 0.707. The molecule has 0 spiro atoms. The first-order valence-electron chi connectivity index (χ1n) is 11.2. The molecule has 0 amide bonds. The number of hydrogen-bond acceptors (Lipinski definition) is 5. The molecule has 5 heteroatoms. The van der Waals surface area contributed by atoms with E-state index in [0.29, 0.717) is 6.04 Å². The molecule has 0 radical (unpaired) electrons. The van der Waals surface area contributed by atoms with Crippen molar-refractivity contribution in [2.45, 2.75) is 58.7 Å². The second-order valence-corrected chi connectivity index (χ2v) is 9.21. The second-order valence-electron chi connectivity index (χ2n) is 9.21. The van der Waals surface area contributed by atoms with Gasteiger partial charge in [0.05, 0.1) is 0 Å². The van der Waals surface area contributed by atoms with Gasteiger partial charge in [0.25, 0.3) is 0 Å². The van der Waals surface area contributed by atoms with E-state index < -0.39 is 0 Å². The molecule has 3 aliphatic heterocycles. The van der Waals surface area contributed by atoms with E-state index >= 15 is 0 Å². The number of piperazine rings is 2. The number of likely N-dealkylation sites (tertiary alicyclic amines) is 1. The Morgan fingerprint density at radius 3 is 1.46 bits per heavy atom. The third-order valence-electron chi connectivity index (χ3n) is 7.02. The number of piperidine rings is 1. The van der Waals surface area contributed by atoms with Crippen molar-refractivity contribution < 1.29 is 0 Å². The smallest absolute Gasteiger partial charge is 0.0121 e. The molecule has 0 saturated carbocycles. The highest BCUT2D eigenvalue weighted by Crippen LogP contribution is 2.19. The Kier molecular flexibility index (Phi) is 7.76. The van der Waals surface area contributed by atoms with Crippen molar-refractivity contribution >= 4 is 0 Å². The first-order valence-corrected chi connectivity index (χ1v) is 11.2. The zero-order chi connectivity index (χ0) is 18.5. The van der Waals surface area contributed by atoms with Crippen LogP contribution in [-0.2, 0) is 0 Å². The lowest BCUT2D eigenvalue weighted by Gasteiger charge is -2.44. The molecule has 3 saturated heterocycles. The van der Waals surface area contributed by atoms with Gasteiger partial charge in [-0.05, 0) is 53.6 Å². The average Bonchev–Trinajstić information content (AvgIpc) is 2.67. The molecule has 3 heterocycles. The molecule has 5 nitrogen and oxygen atoms in total. The predicted octanol–water partition coefficient (Wildman–Crippen LogP) is 1.50. The minimum Gasteiger partial charge on any atom is -0.301 e. The Balaban J connectivity index is 1.30. The van der Waals surface area contributed by atoms with Crippen LogP contribution in [0.25, 0.3) is 0 Å². The van der Waals surface area contributed by atoms with E-state index in [4.69, 9.17) is 0 Å². The van der Waals surface area contributed by atoms with Crippen molar-refractivity contribution in [3.63, 3.8) is 0 Å². The molecular formula is C21H43N5. The van der Waals surface area contributed by atoms with E-state index in [1.54, 1.807) is 0 Å². The third kappa shape index (κ3) is 5.65. The van der Waals surface area contributed by atoms with Crippen LogP contribution in [0.5, 0.6) is 0 Å². The molecule has 0 bridgehead atoms. The molecule has 26 heavy (non-hydrogen) atoms. The Hall–Kier alpha value is -0.200. The molecule has 0 aliphatic carbocycles. The molecule has 0 N–H and O–H groups in total. The predicted molar refractivity (Wildman–Crippen MR) is 111 cm³/mol. The summed E-state index contributed by atoms with van der Waals surface area (Å²) in [4.78, 5) is 13.4. The van der Waals surface area contributed by atoms with Gasteiger partial charge in [-0.15, -0.1) is 0 Å². The lowest BCUT2D eigenvalue weighted by Crippen LogP contribution is -2.55. The van der Waals surface area contributed by atoms with Gasteiger partial charge in [-0.25, -0.2) is 0 Å². The van der Waals surface area contributed by atoms with Crippen molar-refractivity contribution in [2.75, 3.05) is 78.5 Å². The summed E-state index contributed by atoms with van der Waals surface area (Å²) >= 11 is 0. The second kappa shape index (κ2) is 9.83. The highest BCUT2D eigenvalue weighted by molar-refractivity contribution is 4.85. The van der Waals surface area contributed by atoms with E-state index in [-0.39, 0.29) is 0 Å². The fraction of sp³-hybridized carbons (Fsp3) is 1.00. The maximum absolute atomic E-state index is 2.79. The maximum atomic E-state index is 2.79.